The largest absolute Gasteiger partial charge is 0.493 e. The number of aliphatic carboxylic acids is 1. The average molecular weight is 255 g/mol. The number of carbonyl (C=O) groups is 1. The van der Waals surface area contributed by atoms with Gasteiger partial charge in [0.05, 0.1) is 12.5 Å². The molecular formula is C13H15ClO3. The highest BCUT2D eigenvalue weighted by molar-refractivity contribution is 6.30. The second-order valence-corrected chi connectivity index (χ2v) is 4.97. The molecule has 1 aromatic rings. The van der Waals surface area contributed by atoms with E-state index < -0.39 is 11.9 Å². The number of carboxylic acid groups (broad SMARTS) is 1. The number of rotatable bonds is 5. The molecule has 2 rings (SSSR count). The van der Waals surface area contributed by atoms with Crippen LogP contribution in [0.2, 0.25) is 5.02 Å². The third kappa shape index (κ3) is 3.37. The molecule has 1 atom stereocenters. The van der Waals surface area contributed by atoms with Gasteiger partial charge in [0.15, 0.2) is 0 Å². The second-order valence-electron chi connectivity index (χ2n) is 4.53. The van der Waals surface area contributed by atoms with Crippen molar-refractivity contribution in [3.8, 4) is 5.75 Å². The number of hydrogen-bond acceptors (Lipinski definition) is 2. The Bertz CT molecular complexity index is 427. The molecule has 1 aromatic carbocycles. The van der Waals surface area contributed by atoms with Gasteiger partial charge >= 0.3 is 5.97 Å². The highest BCUT2D eigenvalue weighted by Crippen LogP contribution is 2.31. The van der Waals surface area contributed by atoms with Crippen molar-refractivity contribution in [1.29, 1.82) is 0 Å². The molecule has 0 radical (unpaired) electrons. The predicted octanol–water partition coefficient (Wildman–Crippen LogP) is 3.32. The summed E-state index contributed by atoms with van der Waals surface area (Å²) in [6.45, 7) is 2.33. The minimum Gasteiger partial charge on any atom is -0.493 e. The average Bonchev–Trinajstić information content (AvgIpc) is 3.08. The van der Waals surface area contributed by atoms with Gasteiger partial charge in [-0.15, -0.1) is 0 Å². The van der Waals surface area contributed by atoms with Crippen LogP contribution in [0.3, 0.4) is 0 Å². The Balaban J connectivity index is 2.12. The van der Waals surface area contributed by atoms with Gasteiger partial charge < -0.3 is 9.84 Å². The lowest BCUT2D eigenvalue weighted by molar-refractivity contribution is -0.138. The molecule has 1 N–H and O–H groups in total. The van der Waals surface area contributed by atoms with Crippen molar-refractivity contribution < 1.29 is 14.6 Å². The van der Waals surface area contributed by atoms with Crippen LogP contribution in [0.4, 0.5) is 0 Å². The van der Waals surface area contributed by atoms with E-state index in [9.17, 15) is 4.79 Å². The van der Waals surface area contributed by atoms with Crippen LogP contribution in [0.15, 0.2) is 18.2 Å². The molecule has 1 aliphatic rings. The topological polar surface area (TPSA) is 46.5 Å². The molecule has 92 valence electrons. The highest BCUT2D eigenvalue weighted by Gasteiger charge is 2.22. The van der Waals surface area contributed by atoms with Crippen molar-refractivity contribution in [2.75, 3.05) is 6.61 Å². The molecule has 1 saturated carbocycles. The molecule has 17 heavy (non-hydrogen) atoms. The van der Waals surface area contributed by atoms with E-state index >= 15 is 0 Å². The monoisotopic (exact) mass is 254 g/mol. The first-order valence-electron chi connectivity index (χ1n) is 5.72. The molecule has 0 bridgehead atoms. The quantitative estimate of drug-likeness (QED) is 0.877. The van der Waals surface area contributed by atoms with Gasteiger partial charge in [-0.2, -0.15) is 0 Å². The summed E-state index contributed by atoms with van der Waals surface area (Å²) in [7, 11) is 0. The zero-order valence-electron chi connectivity index (χ0n) is 9.65. The number of hydrogen-bond donors (Lipinski definition) is 1. The molecule has 1 aliphatic carbocycles. The molecule has 1 unspecified atom stereocenters. The van der Waals surface area contributed by atoms with Gasteiger partial charge in [-0.1, -0.05) is 11.6 Å². The zero-order valence-corrected chi connectivity index (χ0v) is 10.4. The molecule has 0 aliphatic heterocycles. The van der Waals surface area contributed by atoms with E-state index in [1.165, 1.54) is 12.8 Å². The molecule has 0 saturated heterocycles. The summed E-state index contributed by atoms with van der Waals surface area (Å²) in [6, 6.07) is 5.15. The number of ether oxygens (including phenoxy) is 1. The molecule has 0 aromatic heterocycles. The first-order chi connectivity index (χ1) is 8.06. The number of carboxylic acids is 1. The van der Waals surface area contributed by atoms with Crippen molar-refractivity contribution in [2.24, 2.45) is 5.92 Å². The number of benzene rings is 1. The van der Waals surface area contributed by atoms with E-state index in [1.807, 2.05) is 0 Å². The second kappa shape index (κ2) is 4.96. The Morgan fingerprint density at radius 2 is 2.24 bits per heavy atom. The van der Waals surface area contributed by atoms with E-state index in [-0.39, 0.29) is 0 Å². The fourth-order valence-corrected chi connectivity index (χ4v) is 1.79. The number of halogens is 1. The van der Waals surface area contributed by atoms with Gasteiger partial charge in [-0.25, -0.2) is 0 Å². The molecule has 4 heteroatoms. The van der Waals surface area contributed by atoms with E-state index in [0.29, 0.717) is 28.9 Å². The third-order valence-electron chi connectivity index (χ3n) is 2.95. The molecule has 1 fully saturated rings. The van der Waals surface area contributed by atoms with E-state index in [0.717, 1.165) is 0 Å². The first-order valence-corrected chi connectivity index (χ1v) is 6.10. The lowest BCUT2D eigenvalue weighted by atomic mass is 10.0. The third-order valence-corrected chi connectivity index (χ3v) is 3.16. The van der Waals surface area contributed by atoms with Crippen LogP contribution in [0.1, 0.15) is 31.2 Å². The summed E-state index contributed by atoms with van der Waals surface area (Å²) >= 11 is 5.96. The summed E-state index contributed by atoms with van der Waals surface area (Å²) in [6.07, 6.45) is 2.44. The molecular weight excluding hydrogens is 240 g/mol. The van der Waals surface area contributed by atoms with Gasteiger partial charge in [0.2, 0.25) is 0 Å². The van der Waals surface area contributed by atoms with Crippen molar-refractivity contribution in [3.63, 3.8) is 0 Å². The maximum absolute atomic E-state index is 10.9. The van der Waals surface area contributed by atoms with Crippen molar-refractivity contribution >= 4 is 17.6 Å². The lowest BCUT2D eigenvalue weighted by Crippen LogP contribution is -2.08. The summed E-state index contributed by atoms with van der Waals surface area (Å²) < 4.78 is 5.60. The SMILES string of the molecule is CC(C(=O)O)c1cc(Cl)cc(OCC2CC2)c1. The van der Waals surface area contributed by atoms with Crippen LogP contribution in [0.5, 0.6) is 5.75 Å². The minimum atomic E-state index is -0.861. The van der Waals surface area contributed by atoms with Crippen molar-refractivity contribution in [1.82, 2.24) is 0 Å². The van der Waals surface area contributed by atoms with Gasteiger partial charge in [-0.3, -0.25) is 4.79 Å². The maximum Gasteiger partial charge on any atom is 0.310 e. The predicted molar refractivity (Wildman–Crippen MR) is 65.7 cm³/mol. The van der Waals surface area contributed by atoms with Crippen LogP contribution in [-0.4, -0.2) is 17.7 Å². The summed E-state index contributed by atoms with van der Waals surface area (Å²) in [5.74, 6) is -0.112. The summed E-state index contributed by atoms with van der Waals surface area (Å²) in [4.78, 5) is 10.9. The molecule has 0 spiro atoms. The van der Waals surface area contributed by atoms with Gasteiger partial charge in [0.1, 0.15) is 5.75 Å². The Labute approximate surface area is 105 Å². The highest BCUT2D eigenvalue weighted by atomic mass is 35.5. The Morgan fingerprint density at radius 3 is 2.82 bits per heavy atom. The standard InChI is InChI=1S/C13H15ClO3/c1-8(13(15)16)10-4-11(14)6-12(5-10)17-7-9-2-3-9/h4-6,8-9H,2-3,7H2,1H3,(H,15,16). The molecule has 0 amide bonds. The molecule has 3 nitrogen and oxygen atoms in total. The van der Waals surface area contributed by atoms with Gasteiger partial charge in [0.25, 0.3) is 0 Å². The fraction of sp³-hybridized carbons (Fsp3) is 0.462. The first kappa shape index (κ1) is 12.2. The van der Waals surface area contributed by atoms with Crippen LogP contribution in [-0.2, 0) is 4.79 Å². The van der Waals surface area contributed by atoms with Crippen LogP contribution >= 0.6 is 11.6 Å². The smallest absolute Gasteiger partial charge is 0.310 e. The van der Waals surface area contributed by atoms with Gasteiger partial charge in [-0.05, 0) is 49.4 Å². The minimum absolute atomic E-state index is 0.515. The van der Waals surface area contributed by atoms with E-state index in [1.54, 1.807) is 25.1 Å². The fourth-order valence-electron chi connectivity index (χ4n) is 1.56. The zero-order chi connectivity index (χ0) is 12.4. The van der Waals surface area contributed by atoms with E-state index in [2.05, 4.69) is 0 Å². The van der Waals surface area contributed by atoms with Crippen LogP contribution < -0.4 is 4.74 Å². The Kier molecular flexibility index (Phi) is 3.57. The van der Waals surface area contributed by atoms with Crippen LogP contribution in [0.25, 0.3) is 0 Å². The summed E-state index contributed by atoms with van der Waals surface area (Å²) in [5.41, 5.74) is 0.677. The maximum atomic E-state index is 10.9. The normalized spacial score (nSPS) is 16.6. The van der Waals surface area contributed by atoms with Crippen LogP contribution in [0, 0.1) is 5.92 Å². The van der Waals surface area contributed by atoms with Gasteiger partial charge in [0, 0.05) is 5.02 Å². The Hall–Kier alpha value is -1.22. The van der Waals surface area contributed by atoms with Crippen molar-refractivity contribution in [2.45, 2.75) is 25.7 Å². The molecule has 0 heterocycles. The van der Waals surface area contributed by atoms with Crippen molar-refractivity contribution in [3.05, 3.63) is 28.8 Å². The Morgan fingerprint density at radius 1 is 1.53 bits per heavy atom. The van der Waals surface area contributed by atoms with E-state index in [4.69, 9.17) is 21.4 Å². The summed E-state index contributed by atoms with van der Waals surface area (Å²) in [5, 5.41) is 9.48. The lowest BCUT2D eigenvalue weighted by Gasteiger charge is -2.11.